The van der Waals surface area contributed by atoms with Crippen LogP contribution in [-0.4, -0.2) is 35.2 Å². The van der Waals surface area contributed by atoms with Crippen molar-refractivity contribution in [1.82, 2.24) is 9.36 Å². The maximum Gasteiger partial charge on any atom is 0.205 e. The summed E-state index contributed by atoms with van der Waals surface area (Å²) in [4.78, 5) is 6.87. The Labute approximate surface area is 123 Å². The van der Waals surface area contributed by atoms with Gasteiger partial charge in [-0.15, -0.1) is 0 Å². The molecule has 0 N–H and O–H groups in total. The third-order valence-corrected chi connectivity index (χ3v) is 4.30. The molecular formula is C15H19N3OS. The van der Waals surface area contributed by atoms with Gasteiger partial charge in [0.25, 0.3) is 0 Å². The standard InChI is InChI=1S/C15H19N3OS/c1-2-14-16-15(20-17-14)18-8-9-19-13(11-18)10-12-6-4-3-5-7-12/h3-7,13H,2,8-11H2,1H3. The molecule has 1 aromatic carbocycles. The van der Waals surface area contributed by atoms with Crippen molar-refractivity contribution in [3.8, 4) is 0 Å². The van der Waals surface area contributed by atoms with E-state index in [0.717, 1.165) is 43.5 Å². The van der Waals surface area contributed by atoms with Crippen molar-refractivity contribution in [2.45, 2.75) is 25.9 Å². The molecule has 1 aliphatic heterocycles. The van der Waals surface area contributed by atoms with Crippen LogP contribution in [0.25, 0.3) is 0 Å². The maximum absolute atomic E-state index is 5.88. The molecule has 0 aliphatic carbocycles. The van der Waals surface area contributed by atoms with Crippen LogP contribution in [0.4, 0.5) is 5.13 Å². The second-order valence-electron chi connectivity index (χ2n) is 4.98. The van der Waals surface area contributed by atoms with E-state index in [2.05, 4.69) is 45.4 Å². The fraction of sp³-hybridized carbons (Fsp3) is 0.467. The molecule has 1 aromatic heterocycles. The Hall–Kier alpha value is -1.46. The molecule has 1 atom stereocenters. The predicted molar refractivity (Wildman–Crippen MR) is 81.4 cm³/mol. The van der Waals surface area contributed by atoms with Gasteiger partial charge in [-0.25, -0.2) is 4.98 Å². The molecule has 106 valence electrons. The van der Waals surface area contributed by atoms with E-state index in [1.165, 1.54) is 17.1 Å². The summed E-state index contributed by atoms with van der Waals surface area (Å²) in [6, 6.07) is 10.5. The van der Waals surface area contributed by atoms with Crippen molar-refractivity contribution in [3.05, 3.63) is 41.7 Å². The number of aryl methyl sites for hydroxylation is 1. The van der Waals surface area contributed by atoms with E-state index in [-0.39, 0.29) is 6.10 Å². The lowest BCUT2D eigenvalue weighted by atomic mass is 10.1. The van der Waals surface area contributed by atoms with Crippen LogP contribution in [-0.2, 0) is 17.6 Å². The Morgan fingerprint density at radius 3 is 2.95 bits per heavy atom. The molecule has 4 nitrogen and oxygen atoms in total. The number of hydrogen-bond acceptors (Lipinski definition) is 5. The average Bonchev–Trinajstić information content (AvgIpc) is 2.98. The van der Waals surface area contributed by atoms with Gasteiger partial charge in [0.2, 0.25) is 5.13 Å². The van der Waals surface area contributed by atoms with Gasteiger partial charge in [0, 0.05) is 37.5 Å². The molecule has 1 unspecified atom stereocenters. The molecule has 0 saturated carbocycles. The van der Waals surface area contributed by atoms with E-state index in [1.54, 1.807) is 0 Å². The fourth-order valence-corrected chi connectivity index (χ4v) is 3.19. The first-order valence-corrected chi connectivity index (χ1v) is 7.85. The number of benzene rings is 1. The minimum Gasteiger partial charge on any atom is -0.374 e. The number of rotatable bonds is 4. The van der Waals surface area contributed by atoms with Gasteiger partial charge in [-0.2, -0.15) is 4.37 Å². The third-order valence-electron chi connectivity index (χ3n) is 3.49. The number of hydrogen-bond donors (Lipinski definition) is 0. The van der Waals surface area contributed by atoms with Gasteiger partial charge in [0.05, 0.1) is 12.7 Å². The summed E-state index contributed by atoms with van der Waals surface area (Å²) in [6.07, 6.45) is 2.09. The summed E-state index contributed by atoms with van der Waals surface area (Å²) < 4.78 is 10.2. The van der Waals surface area contributed by atoms with Crippen molar-refractivity contribution < 1.29 is 4.74 Å². The predicted octanol–water partition coefficient (Wildman–Crippen LogP) is 2.55. The fourth-order valence-electron chi connectivity index (χ4n) is 2.41. The normalized spacial score (nSPS) is 19.2. The number of morpholine rings is 1. The molecule has 5 heteroatoms. The van der Waals surface area contributed by atoms with Crippen molar-refractivity contribution >= 4 is 16.7 Å². The molecule has 2 aromatic rings. The molecule has 20 heavy (non-hydrogen) atoms. The van der Waals surface area contributed by atoms with Gasteiger partial charge in [-0.3, -0.25) is 0 Å². The van der Waals surface area contributed by atoms with Crippen molar-refractivity contribution in [2.75, 3.05) is 24.6 Å². The van der Waals surface area contributed by atoms with Crippen LogP contribution in [0.5, 0.6) is 0 Å². The molecule has 1 saturated heterocycles. The highest BCUT2D eigenvalue weighted by Crippen LogP contribution is 2.21. The first-order chi connectivity index (χ1) is 9.85. The van der Waals surface area contributed by atoms with Crippen LogP contribution in [0, 0.1) is 0 Å². The summed E-state index contributed by atoms with van der Waals surface area (Å²) in [6.45, 7) is 4.65. The third kappa shape index (κ3) is 3.16. The van der Waals surface area contributed by atoms with E-state index in [4.69, 9.17) is 4.74 Å². The smallest absolute Gasteiger partial charge is 0.205 e. The second-order valence-corrected chi connectivity index (χ2v) is 5.71. The van der Waals surface area contributed by atoms with Gasteiger partial charge in [-0.1, -0.05) is 37.3 Å². The summed E-state index contributed by atoms with van der Waals surface area (Å²) in [5, 5.41) is 1.03. The van der Waals surface area contributed by atoms with Crippen LogP contribution >= 0.6 is 11.5 Å². The van der Waals surface area contributed by atoms with Gasteiger partial charge in [0.15, 0.2) is 0 Å². The largest absolute Gasteiger partial charge is 0.374 e. The van der Waals surface area contributed by atoms with E-state index in [1.807, 2.05) is 6.07 Å². The van der Waals surface area contributed by atoms with E-state index in [9.17, 15) is 0 Å². The molecule has 0 radical (unpaired) electrons. The Morgan fingerprint density at radius 2 is 2.20 bits per heavy atom. The lowest BCUT2D eigenvalue weighted by molar-refractivity contribution is 0.0410. The van der Waals surface area contributed by atoms with Crippen LogP contribution in [0.3, 0.4) is 0 Å². The van der Waals surface area contributed by atoms with Crippen molar-refractivity contribution in [3.63, 3.8) is 0 Å². The zero-order valence-electron chi connectivity index (χ0n) is 11.7. The van der Waals surface area contributed by atoms with Gasteiger partial charge in [0.1, 0.15) is 5.82 Å². The first kappa shape index (κ1) is 13.5. The van der Waals surface area contributed by atoms with Crippen molar-refractivity contribution in [2.24, 2.45) is 0 Å². The Balaban J connectivity index is 1.64. The summed E-state index contributed by atoms with van der Waals surface area (Å²) in [7, 11) is 0. The van der Waals surface area contributed by atoms with E-state index < -0.39 is 0 Å². The maximum atomic E-state index is 5.88. The van der Waals surface area contributed by atoms with Gasteiger partial charge >= 0.3 is 0 Å². The lowest BCUT2D eigenvalue weighted by Crippen LogP contribution is -2.43. The molecule has 0 spiro atoms. The lowest BCUT2D eigenvalue weighted by Gasteiger charge is -2.32. The number of anilines is 1. The number of aromatic nitrogens is 2. The zero-order chi connectivity index (χ0) is 13.8. The molecular weight excluding hydrogens is 270 g/mol. The minimum atomic E-state index is 0.236. The van der Waals surface area contributed by atoms with Crippen LogP contribution in [0.2, 0.25) is 0 Å². The molecule has 2 heterocycles. The molecule has 0 amide bonds. The highest BCUT2D eigenvalue weighted by atomic mass is 32.1. The molecule has 3 rings (SSSR count). The van der Waals surface area contributed by atoms with Gasteiger partial charge < -0.3 is 9.64 Å². The van der Waals surface area contributed by atoms with Crippen LogP contribution in [0.15, 0.2) is 30.3 Å². The number of nitrogens with zero attached hydrogens (tertiary/aromatic N) is 3. The molecule has 0 bridgehead atoms. The quantitative estimate of drug-likeness (QED) is 0.867. The van der Waals surface area contributed by atoms with Crippen LogP contribution in [0.1, 0.15) is 18.3 Å². The highest BCUT2D eigenvalue weighted by Gasteiger charge is 2.23. The summed E-state index contributed by atoms with van der Waals surface area (Å²) in [5.74, 6) is 0.941. The Morgan fingerprint density at radius 1 is 1.35 bits per heavy atom. The molecule has 1 aliphatic rings. The average molecular weight is 289 g/mol. The number of ether oxygens (including phenoxy) is 1. The Bertz CT molecular complexity index is 543. The first-order valence-electron chi connectivity index (χ1n) is 7.08. The topological polar surface area (TPSA) is 38.2 Å². The van der Waals surface area contributed by atoms with Gasteiger partial charge in [-0.05, 0) is 5.56 Å². The van der Waals surface area contributed by atoms with Crippen LogP contribution < -0.4 is 4.90 Å². The summed E-state index contributed by atoms with van der Waals surface area (Å²) >= 11 is 1.50. The minimum absolute atomic E-state index is 0.236. The zero-order valence-corrected chi connectivity index (χ0v) is 12.5. The van der Waals surface area contributed by atoms with Crippen molar-refractivity contribution in [1.29, 1.82) is 0 Å². The van der Waals surface area contributed by atoms with E-state index in [0.29, 0.717) is 0 Å². The summed E-state index contributed by atoms with van der Waals surface area (Å²) in [5.41, 5.74) is 1.32. The monoisotopic (exact) mass is 289 g/mol. The Kier molecular flexibility index (Phi) is 4.28. The second kappa shape index (κ2) is 6.33. The molecule has 1 fully saturated rings. The van der Waals surface area contributed by atoms with E-state index >= 15 is 0 Å². The SMILES string of the molecule is CCc1nsc(N2CCOC(Cc3ccccc3)C2)n1. The highest BCUT2D eigenvalue weighted by molar-refractivity contribution is 7.09.